The predicted octanol–water partition coefficient (Wildman–Crippen LogP) is 4.98. The van der Waals surface area contributed by atoms with Gasteiger partial charge >= 0.3 is 0 Å². The maximum Gasteiger partial charge on any atom is 0.236 e. The number of H-pyrrole nitrogens is 1. The number of carbonyl (C=O) groups excluding carboxylic acids is 1. The summed E-state index contributed by atoms with van der Waals surface area (Å²) < 4.78 is 7.53. The number of aromatic nitrogens is 4. The number of fused-ring (bicyclic) bond motifs is 2. The molecule has 1 aliphatic rings. The number of likely N-dealkylation sites (N-methyl/N-ethyl adjacent to an activating group) is 1. The van der Waals surface area contributed by atoms with E-state index in [1.54, 1.807) is 22.9 Å². The van der Waals surface area contributed by atoms with Crippen molar-refractivity contribution in [2.45, 2.75) is 52.4 Å². The number of methoxy groups -OCH3 is 1. The van der Waals surface area contributed by atoms with E-state index in [1.807, 2.05) is 20.2 Å². The maximum absolute atomic E-state index is 12.3. The Morgan fingerprint density at radius 2 is 2.03 bits per heavy atom. The molecule has 0 bridgehead atoms. The minimum atomic E-state index is 0.208. The van der Waals surface area contributed by atoms with Crippen LogP contribution in [0.4, 0.5) is 0 Å². The number of likely N-dealkylation sites (tertiary alicyclic amines) is 1. The van der Waals surface area contributed by atoms with Crippen LogP contribution < -0.4 is 4.74 Å². The van der Waals surface area contributed by atoms with Gasteiger partial charge in [-0.15, -0.1) is 0 Å². The zero-order valence-electron chi connectivity index (χ0n) is 22.8. The van der Waals surface area contributed by atoms with Gasteiger partial charge in [-0.1, -0.05) is 19.9 Å². The average molecular weight is 503 g/mol. The SMILES string of the molecule is CCN(C)C(=O)CN1CCC(c2ccc3[nH]c(-c4cn5ncnc5c(OC)c4C)c(C(C)C)c3c2)CC1. The molecule has 5 rings (SSSR count). The van der Waals surface area contributed by atoms with Gasteiger partial charge in [-0.25, -0.2) is 9.50 Å². The Bertz CT molecular complexity index is 1430. The van der Waals surface area contributed by atoms with Crippen LogP contribution in [0.1, 0.15) is 62.1 Å². The molecule has 0 saturated carbocycles. The van der Waals surface area contributed by atoms with Crippen LogP contribution in [0, 0.1) is 6.92 Å². The van der Waals surface area contributed by atoms with Gasteiger partial charge in [-0.2, -0.15) is 5.10 Å². The van der Waals surface area contributed by atoms with Gasteiger partial charge in [0, 0.05) is 41.8 Å². The van der Waals surface area contributed by atoms with E-state index in [9.17, 15) is 4.79 Å². The standard InChI is InChI=1S/C29H38N6O2/c1-7-33(5)25(36)16-34-12-10-20(11-13-34)21-8-9-24-22(14-21)26(18(2)3)27(32-24)23-15-35-29(30-17-31-35)28(37-6)19(23)4/h8-9,14-15,17-18,20,32H,7,10-13,16H2,1-6H3. The lowest BCUT2D eigenvalue weighted by Gasteiger charge is -2.32. The number of pyridine rings is 1. The molecular weight excluding hydrogens is 464 g/mol. The van der Waals surface area contributed by atoms with Crippen molar-refractivity contribution in [1.29, 1.82) is 0 Å². The van der Waals surface area contributed by atoms with Crippen LogP contribution in [0.2, 0.25) is 0 Å². The first kappa shape index (κ1) is 25.3. The van der Waals surface area contributed by atoms with E-state index >= 15 is 0 Å². The van der Waals surface area contributed by atoms with Crippen molar-refractivity contribution in [3.05, 3.63) is 47.4 Å². The lowest BCUT2D eigenvalue weighted by Crippen LogP contribution is -2.41. The molecule has 0 radical (unpaired) electrons. The molecule has 0 unspecified atom stereocenters. The Hall–Kier alpha value is -3.39. The minimum absolute atomic E-state index is 0.208. The van der Waals surface area contributed by atoms with Gasteiger partial charge < -0.3 is 14.6 Å². The summed E-state index contributed by atoms with van der Waals surface area (Å²) in [5.74, 6) is 1.80. The predicted molar refractivity (Wildman–Crippen MR) is 147 cm³/mol. The van der Waals surface area contributed by atoms with Gasteiger partial charge in [0.2, 0.25) is 5.91 Å². The Balaban J connectivity index is 1.47. The highest BCUT2D eigenvalue weighted by Crippen LogP contribution is 2.41. The summed E-state index contributed by atoms with van der Waals surface area (Å²) in [4.78, 5) is 24.5. The largest absolute Gasteiger partial charge is 0.492 e. The number of rotatable bonds is 7. The molecule has 0 aliphatic carbocycles. The Morgan fingerprint density at radius 1 is 1.27 bits per heavy atom. The van der Waals surface area contributed by atoms with E-state index in [2.05, 4.69) is 58.9 Å². The third-order valence-corrected chi connectivity index (χ3v) is 8.00. The van der Waals surface area contributed by atoms with Crippen molar-refractivity contribution in [2.24, 2.45) is 0 Å². The van der Waals surface area contributed by atoms with E-state index in [-0.39, 0.29) is 5.91 Å². The molecular formula is C29H38N6O2. The molecule has 1 saturated heterocycles. The lowest BCUT2D eigenvalue weighted by molar-refractivity contribution is -0.131. The first-order valence-corrected chi connectivity index (χ1v) is 13.3. The number of benzene rings is 1. The zero-order valence-corrected chi connectivity index (χ0v) is 22.8. The molecule has 196 valence electrons. The molecule has 4 aromatic rings. The summed E-state index contributed by atoms with van der Waals surface area (Å²) in [6.07, 6.45) is 5.75. The van der Waals surface area contributed by atoms with Crippen molar-refractivity contribution in [3.8, 4) is 17.0 Å². The Morgan fingerprint density at radius 3 is 2.70 bits per heavy atom. The number of hydrogen-bond donors (Lipinski definition) is 1. The van der Waals surface area contributed by atoms with Crippen molar-refractivity contribution < 1.29 is 9.53 Å². The number of hydrogen-bond acceptors (Lipinski definition) is 5. The van der Waals surface area contributed by atoms with Gasteiger partial charge in [0.25, 0.3) is 0 Å². The highest BCUT2D eigenvalue weighted by atomic mass is 16.5. The fraction of sp³-hybridized carbons (Fsp3) is 0.483. The summed E-state index contributed by atoms with van der Waals surface area (Å²) in [6, 6.07) is 6.89. The van der Waals surface area contributed by atoms with E-state index in [0.29, 0.717) is 18.4 Å². The Kier molecular flexibility index (Phi) is 6.94. The number of nitrogens with zero attached hydrogens (tertiary/aromatic N) is 5. The molecule has 37 heavy (non-hydrogen) atoms. The molecule has 1 aromatic carbocycles. The summed E-state index contributed by atoms with van der Waals surface area (Å²) in [5, 5.41) is 5.66. The third kappa shape index (κ3) is 4.59. The zero-order chi connectivity index (χ0) is 26.3. The smallest absolute Gasteiger partial charge is 0.236 e. The van der Waals surface area contributed by atoms with Crippen LogP contribution >= 0.6 is 0 Å². The number of nitrogens with one attached hydrogen (secondary N) is 1. The second-order valence-corrected chi connectivity index (χ2v) is 10.6. The number of piperidine rings is 1. The van der Waals surface area contributed by atoms with Crippen LogP contribution in [0.25, 0.3) is 27.8 Å². The summed E-state index contributed by atoms with van der Waals surface area (Å²) in [6.45, 7) is 11.8. The van der Waals surface area contributed by atoms with Crippen LogP contribution in [0.15, 0.2) is 30.7 Å². The van der Waals surface area contributed by atoms with Gasteiger partial charge in [0.15, 0.2) is 11.4 Å². The van der Waals surface area contributed by atoms with Gasteiger partial charge in [0.1, 0.15) is 6.33 Å². The molecule has 8 heteroatoms. The molecule has 1 fully saturated rings. The van der Waals surface area contributed by atoms with Crippen molar-refractivity contribution >= 4 is 22.5 Å². The minimum Gasteiger partial charge on any atom is -0.492 e. The molecule has 4 heterocycles. The second-order valence-electron chi connectivity index (χ2n) is 10.6. The van der Waals surface area contributed by atoms with Crippen LogP contribution in [0.3, 0.4) is 0 Å². The maximum atomic E-state index is 12.3. The molecule has 1 amide bonds. The molecule has 0 spiro atoms. The molecule has 0 atom stereocenters. The monoisotopic (exact) mass is 502 g/mol. The van der Waals surface area contributed by atoms with Crippen LogP contribution in [0.5, 0.6) is 5.75 Å². The first-order chi connectivity index (χ1) is 17.8. The fourth-order valence-corrected chi connectivity index (χ4v) is 5.72. The number of carbonyl (C=O) groups is 1. The fourth-order valence-electron chi connectivity index (χ4n) is 5.72. The number of aromatic amines is 1. The Labute approximate surface area is 218 Å². The highest BCUT2D eigenvalue weighted by molar-refractivity contribution is 5.93. The number of ether oxygens (including phenoxy) is 1. The van der Waals surface area contributed by atoms with E-state index in [1.165, 1.54) is 16.5 Å². The second kappa shape index (κ2) is 10.2. The van der Waals surface area contributed by atoms with Gasteiger partial charge in [-0.3, -0.25) is 9.69 Å². The van der Waals surface area contributed by atoms with Crippen molar-refractivity contribution in [2.75, 3.05) is 40.3 Å². The van der Waals surface area contributed by atoms with E-state index < -0.39 is 0 Å². The quantitative estimate of drug-likeness (QED) is 0.386. The molecule has 3 aromatic heterocycles. The lowest BCUT2D eigenvalue weighted by atomic mass is 9.87. The van der Waals surface area contributed by atoms with Crippen LogP contribution in [-0.2, 0) is 4.79 Å². The molecule has 1 aliphatic heterocycles. The molecule has 1 N–H and O–H groups in total. The highest BCUT2D eigenvalue weighted by Gasteiger charge is 2.25. The van der Waals surface area contributed by atoms with Gasteiger partial charge in [-0.05, 0) is 74.9 Å². The van der Waals surface area contributed by atoms with Crippen molar-refractivity contribution in [1.82, 2.24) is 29.4 Å². The third-order valence-electron chi connectivity index (χ3n) is 8.00. The summed E-state index contributed by atoms with van der Waals surface area (Å²) in [7, 11) is 3.56. The number of amides is 1. The van der Waals surface area contributed by atoms with Crippen molar-refractivity contribution in [3.63, 3.8) is 0 Å². The first-order valence-electron chi connectivity index (χ1n) is 13.3. The van der Waals surface area contributed by atoms with Gasteiger partial charge in [0.05, 0.1) is 19.3 Å². The van der Waals surface area contributed by atoms with Crippen LogP contribution in [-0.4, -0.2) is 75.6 Å². The molecule has 8 nitrogen and oxygen atoms in total. The average Bonchev–Trinajstić information content (AvgIpc) is 3.52. The normalized spacial score (nSPS) is 15.2. The van der Waals surface area contributed by atoms with E-state index in [4.69, 9.17) is 4.74 Å². The summed E-state index contributed by atoms with van der Waals surface area (Å²) >= 11 is 0. The summed E-state index contributed by atoms with van der Waals surface area (Å²) in [5.41, 5.74) is 7.81. The van der Waals surface area contributed by atoms with E-state index in [0.717, 1.165) is 66.2 Å². The topological polar surface area (TPSA) is 78.8 Å².